The summed E-state index contributed by atoms with van der Waals surface area (Å²) in [7, 11) is -0.898. The lowest BCUT2D eigenvalue weighted by atomic mass is 10.2. The van der Waals surface area contributed by atoms with Gasteiger partial charge in [-0.15, -0.1) is 0 Å². The fourth-order valence-corrected chi connectivity index (χ4v) is 4.71. The van der Waals surface area contributed by atoms with Crippen LogP contribution in [-0.4, -0.2) is 61.6 Å². The minimum atomic E-state index is -2.56. The van der Waals surface area contributed by atoms with Crippen LogP contribution >= 0.6 is 0 Å². The fourth-order valence-electron chi connectivity index (χ4n) is 1.99. The van der Waals surface area contributed by atoms with Crippen LogP contribution in [0, 0.1) is 0 Å². The Morgan fingerprint density at radius 3 is 1.90 bits per heavy atom. The molecule has 1 unspecified atom stereocenters. The monoisotopic (exact) mass is 323 g/mol. The Kier molecular flexibility index (Phi) is 13.6. The molecule has 0 amide bonds. The van der Waals surface area contributed by atoms with Gasteiger partial charge in [0.2, 0.25) is 0 Å². The van der Waals surface area contributed by atoms with Crippen LogP contribution in [-0.2, 0) is 22.8 Å². The van der Waals surface area contributed by atoms with Crippen LogP contribution in [0.4, 0.5) is 0 Å². The molecule has 7 heteroatoms. The lowest BCUT2D eigenvalue weighted by Crippen LogP contribution is -2.47. The summed E-state index contributed by atoms with van der Waals surface area (Å²) in [6.45, 7) is 9.56. The first-order valence-corrected chi connectivity index (χ1v) is 9.81. The standard InChI is InChI=1S/C14H33NO5Si/c1-5-18-21(19-6-2,20-7-3)13-9-14(15)8-10-17-12-11-16-4/h14H,5-13,15H2,1-4H3. The van der Waals surface area contributed by atoms with Gasteiger partial charge >= 0.3 is 8.80 Å². The highest BCUT2D eigenvalue weighted by Gasteiger charge is 2.40. The molecule has 0 aromatic carbocycles. The van der Waals surface area contributed by atoms with E-state index in [0.29, 0.717) is 39.6 Å². The molecule has 0 aliphatic heterocycles. The van der Waals surface area contributed by atoms with E-state index in [9.17, 15) is 0 Å². The molecule has 21 heavy (non-hydrogen) atoms. The Morgan fingerprint density at radius 2 is 1.43 bits per heavy atom. The third kappa shape index (κ3) is 10.3. The highest BCUT2D eigenvalue weighted by Crippen LogP contribution is 2.19. The molecule has 1 atom stereocenters. The van der Waals surface area contributed by atoms with Gasteiger partial charge in [0.25, 0.3) is 0 Å². The van der Waals surface area contributed by atoms with Gasteiger partial charge in [-0.25, -0.2) is 0 Å². The van der Waals surface area contributed by atoms with Crippen molar-refractivity contribution in [1.82, 2.24) is 0 Å². The lowest BCUT2D eigenvalue weighted by Gasteiger charge is -2.29. The van der Waals surface area contributed by atoms with E-state index in [1.807, 2.05) is 20.8 Å². The van der Waals surface area contributed by atoms with E-state index in [4.69, 9.17) is 28.5 Å². The van der Waals surface area contributed by atoms with E-state index in [2.05, 4.69) is 0 Å². The summed E-state index contributed by atoms with van der Waals surface area (Å²) in [5.41, 5.74) is 6.13. The molecule has 0 saturated heterocycles. The topological polar surface area (TPSA) is 72.2 Å². The van der Waals surface area contributed by atoms with Crippen LogP contribution in [0.1, 0.15) is 33.6 Å². The molecule has 2 N–H and O–H groups in total. The van der Waals surface area contributed by atoms with Crippen molar-refractivity contribution in [3.8, 4) is 0 Å². The van der Waals surface area contributed by atoms with Crippen molar-refractivity contribution in [3.05, 3.63) is 0 Å². The first-order chi connectivity index (χ1) is 10.1. The molecule has 0 aromatic heterocycles. The van der Waals surface area contributed by atoms with E-state index in [1.54, 1.807) is 7.11 Å². The summed E-state index contributed by atoms with van der Waals surface area (Å²) < 4.78 is 27.8. The zero-order valence-corrected chi connectivity index (χ0v) is 15.1. The molecular formula is C14H33NO5Si. The first-order valence-electron chi connectivity index (χ1n) is 7.88. The minimum absolute atomic E-state index is 0.0702. The van der Waals surface area contributed by atoms with E-state index in [-0.39, 0.29) is 6.04 Å². The van der Waals surface area contributed by atoms with Gasteiger partial charge in [-0.05, 0) is 33.6 Å². The second kappa shape index (κ2) is 13.6. The summed E-state index contributed by atoms with van der Waals surface area (Å²) >= 11 is 0. The van der Waals surface area contributed by atoms with Crippen molar-refractivity contribution < 1.29 is 22.8 Å². The first kappa shape index (κ1) is 21.0. The number of nitrogens with two attached hydrogens (primary N) is 1. The maximum absolute atomic E-state index is 6.13. The molecule has 0 aliphatic rings. The van der Waals surface area contributed by atoms with Gasteiger partial charge < -0.3 is 28.5 Å². The average Bonchev–Trinajstić information content (AvgIpc) is 2.46. The highest BCUT2D eigenvalue weighted by molar-refractivity contribution is 6.60. The zero-order chi connectivity index (χ0) is 16.0. The molecule has 0 saturated carbocycles. The maximum Gasteiger partial charge on any atom is 0.500 e. The van der Waals surface area contributed by atoms with Crippen LogP contribution in [0.5, 0.6) is 0 Å². The van der Waals surface area contributed by atoms with Gasteiger partial charge in [0.1, 0.15) is 0 Å². The number of hydrogen-bond acceptors (Lipinski definition) is 6. The van der Waals surface area contributed by atoms with E-state index in [1.165, 1.54) is 0 Å². The Morgan fingerprint density at radius 1 is 0.857 bits per heavy atom. The minimum Gasteiger partial charge on any atom is -0.382 e. The fraction of sp³-hybridized carbons (Fsp3) is 1.00. The van der Waals surface area contributed by atoms with Crippen LogP contribution < -0.4 is 5.73 Å². The average molecular weight is 324 g/mol. The molecule has 128 valence electrons. The number of methoxy groups -OCH3 is 1. The summed E-state index contributed by atoms with van der Waals surface area (Å²) in [6, 6.07) is 0.822. The normalized spacial score (nSPS) is 13.6. The largest absolute Gasteiger partial charge is 0.500 e. The van der Waals surface area contributed by atoms with E-state index >= 15 is 0 Å². The second-order valence-electron chi connectivity index (χ2n) is 4.67. The van der Waals surface area contributed by atoms with Crippen molar-refractivity contribution in [2.75, 3.05) is 46.8 Å². The van der Waals surface area contributed by atoms with Crippen molar-refractivity contribution in [3.63, 3.8) is 0 Å². The van der Waals surface area contributed by atoms with Crippen molar-refractivity contribution in [1.29, 1.82) is 0 Å². The third-order valence-corrected chi connectivity index (χ3v) is 6.07. The predicted octanol–water partition coefficient (Wildman–Crippen LogP) is 1.81. The van der Waals surface area contributed by atoms with Crippen molar-refractivity contribution >= 4 is 8.80 Å². The molecule has 0 radical (unpaired) electrons. The molecule has 0 aliphatic carbocycles. The van der Waals surface area contributed by atoms with Gasteiger partial charge in [0.15, 0.2) is 0 Å². The van der Waals surface area contributed by atoms with Crippen LogP contribution in [0.25, 0.3) is 0 Å². The van der Waals surface area contributed by atoms with Gasteiger partial charge in [0.05, 0.1) is 13.2 Å². The molecule has 0 heterocycles. The summed E-state index contributed by atoms with van der Waals surface area (Å²) in [5, 5.41) is 0. The molecular weight excluding hydrogens is 290 g/mol. The van der Waals surface area contributed by atoms with Crippen molar-refractivity contribution in [2.24, 2.45) is 5.73 Å². The molecule has 0 rings (SSSR count). The van der Waals surface area contributed by atoms with E-state index in [0.717, 1.165) is 18.9 Å². The molecule has 0 spiro atoms. The van der Waals surface area contributed by atoms with Gasteiger partial charge in [-0.2, -0.15) is 0 Å². The molecule has 0 fully saturated rings. The van der Waals surface area contributed by atoms with E-state index < -0.39 is 8.80 Å². The Bertz CT molecular complexity index is 216. The highest BCUT2D eigenvalue weighted by atomic mass is 28.4. The Balaban J connectivity index is 4.08. The van der Waals surface area contributed by atoms with Crippen LogP contribution in [0.3, 0.4) is 0 Å². The summed E-state index contributed by atoms with van der Waals surface area (Å²) in [5.74, 6) is 0. The van der Waals surface area contributed by atoms with Gasteiger partial charge in [-0.1, -0.05) is 0 Å². The van der Waals surface area contributed by atoms with Crippen LogP contribution in [0.15, 0.2) is 0 Å². The smallest absolute Gasteiger partial charge is 0.382 e. The van der Waals surface area contributed by atoms with Crippen molar-refractivity contribution in [2.45, 2.75) is 45.7 Å². The Hall–Kier alpha value is -0.0231. The second-order valence-corrected chi connectivity index (χ2v) is 7.41. The SMILES string of the molecule is CCO[Si](CCC(N)CCOCCOC)(OCC)OCC. The zero-order valence-electron chi connectivity index (χ0n) is 14.1. The third-order valence-electron chi connectivity index (χ3n) is 2.98. The molecule has 0 aromatic rings. The Labute approximate surface area is 130 Å². The lowest BCUT2D eigenvalue weighted by molar-refractivity contribution is 0.0635. The molecule has 0 bridgehead atoms. The maximum atomic E-state index is 6.13. The number of ether oxygens (including phenoxy) is 2. The predicted molar refractivity (Wildman–Crippen MR) is 85.3 cm³/mol. The number of hydrogen-bond donors (Lipinski definition) is 1. The summed E-state index contributed by atoms with van der Waals surface area (Å²) in [4.78, 5) is 0. The number of rotatable bonds is 15. The van der Waals surface area contributed by atoms with Gasteiger partial charge in [0, 0.05) is 45.6 Å². The quantitative estimate of drug-likeness (QED) is 0.366. The van der Waals surface area contributed by atoms with Crippen LogP contribution in [0.2, 0.25) is 6.04 Å². The summed E-state index contributed by atoms with van der Waals surface area (Å²) in [6.07, 6.45) is 1.64. The van der Waals surface area contributed by atoms with Gasteiger partial charge in [-0.3, -0.25) is 0 Å². The molecule has 6 nitrogen and oxygen atoms in total.